The van der Waals surface area contributed by atoms with E-state index in [0.717, 1.165) is 44.4 Å². The van der Waals surface area contributed by atoms with E-state index in [0.29, 0.717) is 0 Å². The molecule has 1 aromatic heterocycles. The van der Waals surface area contributed by atoms with Crippen molar-refractivity contribution in [1.29, 1.82) is 0 Å². The van der Waals surface area contributed by atoms with Gasteiger partial charge in [-0.3, -0.25) is 0 Å². The monoisotopic (exact) mass is 795 g/mol. The fourth-order valence-corrected chi connectivity index (χ4v) is 10.9. The first-order valence-corrected chi connectivity index (χ1v) is 21.8. The molecule has 2 heteroatoms. The summed E-state index contributed by atoms with van der Waals surface area (Å²) in [4.78, 5) is 2.48. The molecule has 0 amide bonds. The molecule has 0 saturated heterocycles. The van der Waals surface area contributed by atoms with E-state index in [1.165, 1.54) is 72.4 Å². The summed E-state index contributed by atoms with van der Waals surface area (Å²) in [6.45, 7) is 9.44. The number of hydrogen-bond acceptors (Lipinski definition) is 2. The first-order valence-electron chi connectivity index (χ1n) is 21.8. The molecule has 2 aliphatic carbocycles. The molecule has 0 aliphatic heterocycles. The van der Waals surface area contributed by atoms with Gasteiger partial charge in [-0.2, -0.15) is 0 Å². The van der Waals surface area contributed by atoms with Gasteiger partial charge in [-0.1, -0.05) is 173 Å². The van der Waals surface area contributed by atoms with Crippen molar-refractivity contribution in [2.45, 2.75) is 38.5 Å². The summed E-state index contributed by atoms with van der Waals surface area (Å²) in [5.74, 6) is 0. The summed E-state index contributed by atoms with van der Waals surface area (Å²) < 4.78 is 6.36. The van der Waals surface area contributed by atoms with Gasteiger partial charge in [0.15, 0.2) is 0 Å². The van der Waals surface area contributed by atoms with Crippen molar-refractivity contribution < 1.29 is 4.42 Å². The lowest BCUT2D eigenvalue weighted by Gasteiger charge is -2.32. The fourth-order valence-electron chi connectivity index (χ4n) is 10.9. The lowest BCUT2D eigenvalue weighted by molar-refractivity contribution is 0.660. The zero-order chi connectivity index (χ0) is 41.7. The molecule has 12 rings (SSSR count). The average Bonchev–Trinajstić information content (AvgIpc) is 3.89. The maximum absolute atomic E-state index is 6.36. The number of nitrogens with zero attached hydrogens (tertiary/aromatic N) is 1. The molecule has 2 nitrogen and oxygen atoms in total. The van der Waals surface area contributed by atoms with Crippen molar-refractivity contribution in [2.24, 2.45) is 0 Å². The summed E-state index contributed by atoms with van der Waals surface area (Å²) >= 11 is 0. The highest BCUT2D eigenvalue weighted by Gasteiger charge is 2.39. The van der Waals surface area contributed by atoms with Gasteiger partial charge in [0.1, 0.15) is 11.2 Å². The van der Waals surface area contributed by atoms with Crippen LogP contribution in [0.5, 0.6) is 0 Å². The number of rotatable bonds is 6. The van der Waals surface area contributed by atoms with Crippen molar-refractivity contribution in [3.8, 4) is 55.6 Å². The van der Waals surface area contributed by atoms with Crippen molar-refractivity contribution in [2.75, 3.05) is 4.90 Å². The van der Waals surface area contributed by atoms with E-state index >= 15 is 0 Å². The first-order chi connectivity index (χ1) is 30.3. The topological polar surface area (TPSA) is 16.4 Å². The number of fused-ring (bicyclic) bond motifs is 9. The van der Waals surface area contributed by atoms with Gasteiger partial charge in [0, 0.05) is 33.0 Å². The Balaban J connectivity index is 1.01. The van der Waals surface area contributed by atoms with Crippen LogP contribution in [0, 0.1) is 0 Å². The molecule has 0 unspecified atom stereocenters. The van der Waals surface area contributed by atoms with Crippen LogP contribution in [0.2, 0.25) is 0 Å². The normalized spacial score (nSPS) is 14.1. The molecule has 0 N–H and O–H groups in total. The SMILES string of the molecule is CC1(C)c2ccccc2-c2cc(-c3cccc(-c4cccc(N(c5cccc(-c6cccc7oc8ccccc8c67)c5)c5cccc6c5C(C)(C)c5ccccc5-6)c4)c3)ccc21. The minimum Gasteiger partial charge on any atom is -0.456 e. The Morgan fingerprint density at radius 3 is 1.65 bits per heavy atom. The minimum absolute atomic E-state index is 0.0179. The highest BCUT2D eigenvalue weighted by Crippen LogP contribution is 2.55. The highest BCUT2D eigenvalue weighted by atomic mass is 16.3. The van der Waals surface area contributed by atoms with Crippen molar-refractivity contribution >= 4 is 39.0 Å². The Morgan fingerprint density at radius 2 is 0.871 bits per heavy atom. The molecular weight excluding hydrogens is 751 g/mol. The van der Waals surface area contributed by atoms with Gasteiger partial charge in [-0.15, -0.1) is 0 Å². The molecule has 2 aliphatic rings. The van der Waals surface area contributed by atoms with Gasteiger partial charge in [-0.05, 0) is 132 Å². The molecule has 296 valence electrons. The number of hydrogen-bond donors (Lipinski definition) is 0. The van der Waals surface area contributed by atoms with Crippen LogP contribution in [-0.2, 0) is 10.8 Å². The van der Waals surface area contributed by atoms with Crippen LogP contribution in [0.3, 0.4) is 0 Å². The average molecular weight is 796 g/mol. The molecule has 10 aromatic rings. The molecule has 0 spiro atoms. The van der Waals surface area contributed by atoms with Crippen LogP contribution in [0.4, 0.5) is 17.1 Å². The molecule has 1 heterocycles. The van der Waals surface area contributed by atoms with E-state index in [1.807, 2.05) is 6.07 Å². The van der Waals surface area contributed by atoms with Gasteiger partial charge in [0.2, 0.25) is 0 Å². The Labute approximate surface area is 363 Å². The summed E-state index contributed by atoms with van der Waals surface area (Å²) in [5.41, 5.74) is 22.8. The quantitative estimate of drug-likeness (QED) is 0.167. The van der Waals surface area contributed by atoms with Crippen LogP contribution in [0.15, 0.2) is 205 Å². The van der Waals surface area contributed by atoms with Gasteiger partial charge >= 0.3 is 0 Å². The largest absolute Gasteiger partial charge is 0.456 e. The molecule has 62 heavy (non-hydrogen) atoms. The van der Waals surface area contributed by atoms with Crippen LogP contribution < -0.4 is 4.90 Å². The number of para-hydroxylation sites is 1. The third kappa shape index (κ3) is 5.43. The van der Waals surface area contributed by atoms with Gasteiger partial charge in [0.05, 0.1) is 5.69 Å². The van der Waals surface area contributed by atoms with Crippen LogP contribution >= 0.6 is 0 Å². The summed E-state index contributed by atoms with van der Waals surface area (Å²) in [6.07, 6.45) is 0. The number of benzene rings is 9. The third-order valence-electron chi connectivity index (χ3n) is 13.8. The Kier molecular flexibility index (Phi) is 7.96. The number of anilines is 3. The zero-order valence-corrected chi connectivity index (χ0v) is 35.4. The van der Waals surface area contributed by atoms with Crippen molar-refractivity contribution in [3.63, 3.8) is 0 Å². The van der Waals surface area contributed by atoms with E-state index in [4.69, 9.17) is 4.42 Å². The first kappa shape index (κ1) is 36.4. The van der Waals surface area contributed by atoms with E-state index in [1.54, 1.807) is 0 Å². The van der Waals surface area contributed by atoms with Gasteiger partial charge < -0.3 is 9.32 Å². The Hall–Kier alpha value is -7.42. The number of furan rings is 1. The second-order valence-electron chi connectivity index (χ2n) is 18.1. The molecular formula is C60H45NO. The van der Waals surface area contributed by atoms with Gasteiger partial charge in [0.25, 0.3) is 0 Å². The van der Waals surface area contributed by atoms with E-state index in [9.17, 15) is 0 Å². The van der Waals surface area contributed by atoms with Crippen LogP contribution in [0.1, 0.15) is 49.9 Å². The summed E-state index contributed by atoms with van der Waals surface area (Å²) in [5, 5.41) is 2.27. The predicted octanol–water partition coefficient (Wildman–Crippen LogP) is 16.7. The lowest BCUT2D eigenvalue weighted by Crippen LogP contribution is -2.20. The predicted molar refractivity (Wildman–Crippen MR) is 260 cm³/mol. The maximum atomic E-state index is 6.36. The minimum atomic E-state index is -0.211. The standard InChI is InChI=1S/C60H45NO/c1-59(2)51-27-8-6-23-47(51)50-37-41(32-33-53(50)59)39-17-11-16-38(34-39)40-18-12-20-43(35-40)61(54-29-14-26-48-46-22-5-9-28-52(46)60(3,4)58(48)54)44-21-13-19-42(36-44)45-25-15-31-56-57(45)49-24-7-10-30-55(49)62-56/h5-37H,1-4H3. The zero-order valence-electron chi connectivity index (χ0n) is 35.4. The molecule has 0 radical (unpaired) electrons. The van der Waals surface area contributed by atoms with E-state index in [2.05, 4.69) is 227 Å². The Bertz CT molecular complexity index is 3430. The Morgan fingerprint density at radius 1 is 0.355 bits per heavy atom. The molecule has 0 fully saturated rings. The summed E-state index contributed by atoms with van der Waals surface area (Å²) in [7, 11) is 0. The molecule has 0 saturated carbocycles. The smallest absolute Gasteiger partial charge is 0.136 e. The maximum Gasteiger partial charge on any atom is 0.136 e. The molecule has 9 aromatic carbocycles. The highest BCUT2D eigenvalue weighted by molar-refractivity contribution is 6.12. The van der Waals surface area contributed by atoms with Crippen LogP contribution in [-0.4, -0.2) is 0 Å². The lowest BCUT2D eigenvalue weighted by atomic mass is 9.81. The van der Waals surface area contributed by atoms with E-state index in [-0.39, 0.29) is 10.8 Å². The second-order valence-corrected chi connectivity index (χ2v) is 18.1. The van der Waals surface area contributed by atoms with Crippen LogP contribution in [0.25, 0.3) is 77.6 Å². The van der Waals surface area contributed by atoms with Crippen molar-refractivity contribution in [1.82, 2.24) is 0 Å². The summed E-state index contributed by atoms with van der Waals surface area (Å²) in [6, 6.07) is 73.6. The van der Waals surface area contributed by atoms with E-state index < -0.39 is 0 Å². The second kappa shape index (κ2) is 13.5. The van der Waals surface area contributed by atoms with Crippen molar-refractivity contribution in [3.05, 3.63) is 222 Å². The molecule has 0 atom stereocenters. The fraction of sp³-hybridized carbons (Fsp3) is 0.100. The third-order valence-corrected chi connectivity index (χ3v) is 13.8. The van der Waals surface area contributed by atoms with Gasteiger partial charge in [-0.25, -0.2) is 0 Å². The molecule has 0 bridgehead atoms.